The lowest BCUT2D eigenvalue weighted by Gasteiger charge is -2.32. The standard InChI is InChI=1S/C15H26N6O3/c1-2-10(24-11(22)6-4-3-5-7-16)9-8-18-13-12(19-9)14(23)21-15(17)20-13/h9-10,19H,2-8,16H2,1H3,(H4,17,18,20,21,23). The van der Waals surface area contributed by atoms with Crippen LogP contribution in [0.15, 0.2) is 4.79 Å². The summed E-state index contributed by atoms with van der Waals surface area (Å²) in [5.74, 6) is 0.244. The second-order valence-corrected chi connectivity index (χ2v) is 5.84. The Morgan fingerprint density at radius 1 is 1.42 bits per heavy atom. The van der Waals surface area contributed by atoms with Crippen LogP contribution in [-0.2, 0) is 9.53 Å². The first-order valence-electron chi connectivity index (χ1n) is 8.34. The molecule has 1 aromatic rings. The molecule has 24 heavy (non-hydrogen) atoms. The number of carbonyl (C=O) groups is 1. The third-order valence-electron chi connectivity index (χ3n) is 3.98. The summed E-state index contributed by atoms with van der Waals surface area (Å²) in [6.45, 7) is 3.06. The Hall–Kier alpha value is -2.29. The predicted octanol–water partition coefficient (Wildman–Crippen LogP) is 0.399. The van der Waals surface area contributed by atoms with Gasteiger partial charge in [-0.05, 0) is 25.8 Å². The molecule has 134 valence electrons. The van der Waals surface area contributed by atoms with Gasteiger partial charge in [0, 0.05) is 13.0 Å². The molecule has 0 fully saturated rings. The molecule has 7 N–H and O–H groups in total. The smallest absolute Gasteiger partial charge is 0.306 e. The van der Waals surface area contributed by atoms with Crippen LogP contribution in [0.3, 0.4) is 0 Å². The van der Waals surface area contributed by atoms with Gasteiger partial charge in [-0.2, -0.15) is 4.98 Å². The number of hydrogen-bond donors (Lipinski definition) is 5. The van der Waals surface area contributed by atoms with E-state index in [4.69, 9.17) is 16.2 Å². The number of nitrogens with two attached hydrogens (primary N) is 2. The summed E-state index contributed by atoms with van der Waals surface area (Å²) in [4.78, 5) is 30.4. The van der Waals surface area contributed by atoms with Crippen molar-refractivity contribution >= 4 is 23.4 Å². The number of aromatic amines is 1. The van der Waals surface area contributed by atoms with Crippen LogP contribution in [0.2, 0.25) is 0 Å². The van der Waals surface area contributed by atoms with Gasteiger partial charge in [-0.25, -0.2) is 0 Å². The molecule has 0 spiro atoms. The zero-order valence-corrected chi connectivity index (χ0v) is 13.9. The zero-order valence-electron chi connectivity index (χ0n) is 13.9. The van der Waals surface area contributed by atoms with Crippen molar-refractivity contribution in [2.24, 2.45) is 5.73 Å². The summed E-state index contributed by atoms with van der Waals surface area (Å²) in [5.41, 5.74) is 10.9. The van der Waals surface area contributed by atoms with Gasteiger partial charge in [0.25, 0.3) is 5.56 Å². The number of nitrogen functional groups attached to an aromatic ring is 1. The summed E-state index contributed by atoms with van der Waals surface area (Å²) in [6, 6.07) is -0.206. The Balaban J connectivity index is 1.94. The van der Waals surface area contributed by atoms with Crippen LogP contribution < -0.4 is 27.7 Å². The van der Waals surface area contributed by atoms with Crippen LogP contribution in [0.25, 0.3) is 0 Å². The van der Waals surface area contributed by atoms with Gasteiger partial charge in [-0.1, -0.05) is 13.3 Å². The monoisotopic (exact) mass is 338 g/mol. The number of nitrogens with zero attached hydrogens (tertiary/aromatic N) is 1. The van der Waals surface area contributed by atoms with E-state index in [0.717, 1.165) is 19.3 Å². The van der Waals surface area contributed by atoms with E-state index in [9.17, 15) is 9.59 Å². The molecular weight excluding hydrogens is 312 g/mol. The summed E-state index contributed by atoms with van der Waals surface area (Å²) >= 11 is 0. The molecule has 1 aromatic heterocycles. The average molecular weight is 338 g/mol. The molecule has 2 atom stereocenters. The largest absolute Gasteiger partial charge is 0.460 e. The van der Waals surface area contributed by atoms with Crippen molar-refractivity contribution in [3.05, 3.63) is 10.4 Å². The van der Waals surface area contributed by atoms with Crippen molar-refractivity contribution in [1.29, 1.82) is 0 Å². The number of aromatic nitrogens is 2. The molecule has 9 nitrogen and oxygen atoms in total. The van der Waals surface area contributed by atoms with Crippen LogP contribution in [0.1, 0.15) is 39.0 Å². The molecule has 2 rings (SSSR count). The van der Waals surface area contributed by atoms with Crippen molar-refractivity contribution in [1.82, 2.24) is 9.97 Å². The topological polar surface area (TPSA) is 148 Å². The van der Waals surface area contributed by atoms with Crippen LogP contribution in [-0.4, -0.2) is 41.2 Å². The van der Waals surface area contributed by atoms with Gasteiger partial charge in [0.1, 0.15) is 11.8 Å². The van der Waals surface area contributed by atoms with E-state index in [0.29, 0.717) is 37.4 Å². The lowest BCUT2D eigenvalue weighted by atomic mass is 10.1. The molecule has 0 radical (unpaired) electrons. The number of hydrogen-bond acceptors (Lipinski definition) is 8. The second kappa shape index (κ2) is 8.53. The highest BCUT2D eigenvalue weighted by Gasteiger charge is 2.29. The molecule has 0 saturated heterocycles. The first-order valence-corrected chi connectivity index (χ1v) is 8.34. The third-order valence-corrected chi connectivity index (χ3v) is 3.98. The maximum absolute atomic E-state index is 12.0. The molecule has 2 unspecified atom stereocenters. The first kappa shape index (κ1) is 18.1. The van der Waals surface area contributed by atoms with Crippen molar-refractivity contribution in [3.8, 4) is 0 Å². The fraction of sp³-hybridized carbons (Fsp3) is 0.667. The summed E-state index contributed by atoms with van der Waals surface area (Å²) in [7, 11) is 0. The highest BCUT2D eigenvalue weighted by Crippen LogP contribution is 2.23. The molecule has 2 heterocycles. The lowest BCUT2D eigenvalue weighted by molar-refractivity contribution is -0.150. The molecular formula is C15H26N6O3. The van der Waals surface area contributed by atoms with E-state index in [-0.39, 0.29) is 29.6 Å². The van der Waals surface area contributed by atoms with Crippen LogP contribution >= 0.6 is 0 Å². The van der Waals surface area contributed by atoms with E-state index < -0.39 is 0 Å². The Labute approximate surface area is 140 Å². The van der Waals surface area contributed by atoms with Crippen LogP contribution in [0.4, 0.5) is 17.5 Å². The maximum atomic E-state index is 12.0. The maximum Gasteiger partial charge on any atom is 0.306 e. The highest BCUT2D eigenvalue weighted by atomic mass is 16.5. The van der Waals surface area contributed by atoms with Crippen molar-refractivity contribution < 1.29 is 9.53 Å². The number of anilines is 3. The number of ether oxygens (including phenoxy) is 1. The second-order valence-electron chi connectivity index (χ2n) is 5.84. The molecule has 0 amide bonds. The molecule has 0 aromatic carbocycles. The zero-order chi connectivity index (χ0) is 17.5. The minimum absolute atomic E-state index is 0.0578. The highest BCUT2D eigenvalue weighted by molar-refractivity contribution is 5.70. The Morgan fingerprint density at radius 3 is 2.92 bits per heavy atom. The summed E-state index contributed by atoms with van der Waals surface area (Å²) < 4.78 is 5.57. The summed E-state index contributed by atoms with van der Waals surface area (Å²) in [6.07, 6.45) is 3.30. The Kier molecular flexibility index (Phi) is 6.42. The van der Waals surface area contributed by atoms with Crippen LogP contribution in [0, 0.1) is 0 Å². The van der Waals surface area contributed by atoms with Gasteiger partial charge in [0.15, 0.2) is 5.82 Å². The number of H-pyrrole nitrogens is 1. The quantitative estimate of drug-likeness (QED) is 0.338. The van der Waals surface area contributed by atoms with E-state index in [1.165, 1.54) is 0 Å². The van der Waals surface area contributed by atoms with E-state index in [2.05, 4.69) is 20.6 Å². The minimum atomic E-state index is -0.349. The number of nitrogens with one attached hydrogen (secondary N) is 3. The number of rotatable bonds is 8. The minimum Gasteiger partial charge on any atom is -0.460 e. The molecule has 9 heteroatoms. The Morgan fingerprint density at radius 2 is 2.21 bits per heavy atom. The molecule has 0 aliphatic carbocycles. The SMILES string of the molecule is CCC(OC(=O)CCCCCN)C1CNc2nc(N)[nH]c(=O)c2N1. The first-order chi connectivity index (χ1) is 11.5. The molecule has 1 aliphatic rings. The van der Waals surface area contributed by atoms with E-state index in [1.54, 1.807) is 0 Å². The van der Waals surface area contributed by atoms with Crippen molar-refractivity contribution in [2.75, 3.05) is 29.5 Å². The lowest BCUT2D eigenvalue weighted by Crippen LogP contribution is -2.46. The number of unbranched alkanes of at least 4 members (excludes halogenated alkanes) is 2. The molecule has 0 saturated carbocycles. The van der Waals surface area contributed by atoms with Gasteiger partial charge in [0.2, 0.25) is 5.95 Å². The van der Waals surface area contributed by atoms with E-state index >= 15 is 0 Å². The van der Waals surface area contributed by atoms with Crippen molar-refractivity contribution in [2.45, 2.75) is 51.2 Å². The Bertz CT molecular complexity index is 618. The number of carbonyl (C=O) groups excluding carboxylic acids is 1. The van der Waals surface area contributed by atoms with Gasteiger partial charge in [-0.3, -0.25) is 14.6 Å². The van der Waals surface area contributed by atoms with Gasteiger partial charge < -0.3 is 26.8 Å². The molecule has 1 aliphatic heterocycles. The predicted molar refractivity (Wildman–Crippen MR) is 92.9 cm³/mol. The van der Waals surface area contributed by atoms with Crippen LogP contribution in [0.5, 0.6) is 0 Å². The summed E-state index contributed by atoms with van der Waals surface area (Å²) in [5, 5.41) is 6.17. The fourth-order valence-corrected chi connectivity index (χ4v) is 2.69. The van der Waals surface area contributed by atoms with Gasteiger partial charge >= 0.3 is 5.97 Å². The van der Waals surface area contributed by atoms with Gasteiger partial charge in [-0.15, -0.1) is 0 Å². The average Bonchev–Trinajstić information content (AvgIpc) is 2.56. The fourth-order valence-electron chi connectivity index (χ4n) is 2.69. The van der Waals surface area contributed by atoms with Crippen molar-refractivity contribution in [3.63, 3.8) is 0 Å². The normalized spacial score (nSPS) is 17.3. The third kappa shape index (κ3) is 4.60. The number of esters is 1. The van der Waals surface area contributed by atoms with E-state index in [1.807, 2.05) is 6.92 Å². The van der Waals surface area contributed by atoms with Gasteiger partial charge in [0.05, 0.1) is 6.04 Å². The molecule has 0 bridgehead atoms. The number of fused-ring (bicyclic) bond motifs is 1.